The Hall–Kier alpha value is -3.57. The maximum absolute atomic E-state index is 5.68. The third-order valence-electron chi connectivity index (χ3n) is 6.04. The van der Waals surface area contributed by atoms with Crippen molar-refractivity contribution in [2.24, 2.45) is 0 Å². The highest BCUT2D eigenvalue weighted by atomic mass is 32.1. The Labute approximate surface area is 212 Å². The molecule has 1 aliphatic heterocycles. The smallest absolute Gasteiger partial charge is 0.169 e. The van der Waals surface area contributed by atoms with E-state index in [0.717, 1.165) is 64.8 Å². The van der Waals surface area contributed by atoms with E-state index in [-0.39, 0.29) is 0 Å². The Morgan fingerprint density at radius 3 is 2.46 bits per heavy atom. The lowest BCUT2D eigenvalue weighted by atomic mass is 10.1. The molecule has 0 radical (unpaired) electrons. The second kappa shape index (κ2) is 10.4. The SMILES string of the molecule is COc1cc2ncnc(N3CCN(C(=S)NCc4ccc(-c5csnn5)cc4)CC3)c2cc1OC. The lowest BCUT2D eigenvalue weighted by molar-refractivity contribution is 0.355. The molecule has 1 saturated heterocycles. The van der Waals surface area contributed by atoms with Gasteiger partial charge in [0.25, 0.3) is 0 Å². The van der Waals surface area contributed by atoms with E-state index in [0.29, 0.717) is 18.0 Å². The van der Waals surface area contributed by atoms with Crippen LogP contribution in [0.15, 0.2) is 48.1 Å². The number of thiocarbonyl (C=S) groups is 1. The average molecular weight is 508 g/mol. The van der Waals surface area contributed by atoms with Gasteiger partial charge in [-0.2, -0.15) is 0 Å². The quantitative estimate of drug-likeness (QED) is 0.392. The van der Waals surface area contributed by atoms with Crippen LogP contribution in [0.4, 0.5) is 5.82 Å². The fourth-order valence-corrected chi connectivity index (χ4v) is 4.84. The number of fused-ring (bicyclic) bond motifs is 1. The summed E-state index contributed by atoms with van der Waals surface area (Å²) in [7, 11) is 3.25. The molecule has 35 heavy (non-hydrogen) atoms. The molecule has 0 amide bonds. The molecule has 1 aliphatic rings. The summed E-state index contributed by atoms with van der Waals surface area (Å²) < 4.78 is 14.8. The first-order valence-electron chi connectivity index (χ1n) is 11.2. The largest absolute Gasteiger partial charge is 0.493 e. The minimum Gasteiger partial charge on any atom is -0.493 e. The second-order valence-corrected chi connectivity index (χ2v) is 9.04. The molecule has 0 atom stereocenters. The summed E-state index contributed by atoms with van der Waals surface area (Å²) in [4.78, 5) is 13.5. The fourth-order valence-electron chi connectivity index (χ4n) is 4.12. The standard InChI is InChI=1S/C24H25N7O2S2/c1-32-21-11-18-19(12-22(21)33-2)26-15-27-23(18)30-7-9-31(10-8-30)24(34)25-13-16-3-5-17(6-4-16)20-14-35-29-28-20/h3-6,11-12,14-15H,7-10,13H2,1-2H3,(H,25,34). The molecule has 5 rings (SSSR count). The van der Waals surface area contributed by atoms with Crippen LogP contribution in [0.2, 0.25) is 0 Å². The molecule has 0 unspecified atom stereocenters. The van der Waals surface area contributed by atoms with Crippen molar-refractivity contribution in [2.75, 3.05) is 45.3 Å². The van der Waals surface area contributed by atoms with Gasteiger partial charge in [-0.1, -0.05) is 28.8 Å². The fraction of sp³-hybridized carbons (Fsp3) is 0.292. The lowest BCUT2D eigenvalue weighted by Gasteiger charge is -2.37. The van der Waals surface area contributed by atoms with Gasteiger partial charge < -0.3 is 24.6 Å². The number of nitrogens with zero attached hydrogens (tertiary/aromatic N) is 6. The first kappa shape index (κ1) is 23.2. The molecule has 11 heteroatoms. The zero-order chi connectivity index (χ0) is 24.2. The van der Waals surface area contributed by atoms with Gasteiger partial charge in [0.1, 0.15) is 17.8 Å². The number of hydrogen-bond acceptors (Lipinski definition) is 9. The molecule has 0 saturated carbocycles. The average Bonchev–Trinajstić information content (AvgIpc) is 3.46. The van der Waals surface area contributed by atoms with Crippen LogP contribution < -0.4 is 19.7 Å². The summed E-state index contributed by atoms with van der Waals surface area (Å²) >= 11 is 7.03. The molecular formula is C24H25N7O2S2. The summed E-state index contributed by atoms with van der Waals surface area (Å²) in [5.41, 5.74) is 3.95. The highest BCUT2D eigenvalue weighted by Crippen LogP contribution is 2.34. The van der Waals surface area contributed by atoms with E-state index < -0.39 is 0 Å². The normalized spacial score (nSPS) is 13.7. The van der Waals surface area contributed by atoms with Crippen molar-refractivity contribution in [3.8, 4) is 22.8 Å². The molecule has 180 valence electrons. The lowest BCUT2D eigenvalue weighted by Crippen LogP contribution is -2.51. The third-order valence-corrected chi connectivity index (χ3v) is 6.95. The summed E-state index contributed by atoms with van der Waals surface area (Å²) in [5.74, 6) is 2.21. The number of methoxy groups -OCH3 is 2. The van der Waals surface area contributed by atoms with Crippen molar-refractivity contribution >= 4 is 45.6 Å². The minimum atomic E-state index is 0.653. The Balaban J connectivity index is 1.19. The molecular weight excluding hydrogens is 482 g/mol. The predicted octanol–water partition coefficient (Wildman–Crippen LogP) is 3.36. The van der Waals surface area contributed by atoms with E-state index in [2.05, 4.69) is 58.9 Å². The van der Waals surface area contributed by atoms with Crippen LogP contribution in [0.1, 0.15) is 5.56 Å². The number of nitrogens with one attached hydrogen (secondary N) is 1. The first-order valence-corrected chi connectivity index (χ1v) is 12.4. The Bertz CT molecular complexity index is 1310. The molecule has 0 bridgehead atoms. The maximum Gasteiger partial charge on any atom is 0.169 e. The van der Waals surface area contributed by atoms with Crippen LogP contribution in [-0.2, 0) is 6.54 Å². The van der Waals surface area contributed by atoms with Crippen LogP contribution in [0.3, 0.4) is 0 Å². The van der Waals surface area contributed by atoms with Crippen molar-refractivity contribution in [1.29, 1.82) is 0 Å². The molecule has 3 heterocycles. The summed E-state index contributed by atoms with van der Waals surface area (Å²) in [6, 6.07) is 12.1. The van der Waals surface area contributed by atoms with E-state index in [1.165, 1.54) is 11.5 Å². The van der Waals surface area contributed by atoms with Gasteiger partial charge in [-0.25, -0.2) is 9.97 Å². The van der Waals surface area contributed by atoms with E-state index in [4.69, 9.17) is 21.7 Å². The van der Waals surface area contributed by atoms with Gasteiger partial charge in [0.05, 0.1) is 19.7 Å². The minimum absolute atomic E-state index is 0.653. The van der Waals surface area contributed by atoms with Crippen molar-refractivity contribution in [3.63, 3.8) is 0 Å². The van der Waals surface area contributed by atoms with Crippen LogP contribution >= 0.6 is 23.8 Å². The van der Waals surface area contributed by atoms with Gasteiger partial charge >= 0.3 is 0 Å². The number of ether oxygens (including phenoxy) is 2. The predicted molar refractivity (Wildman–Crippen MR) is 141 cm³/mol. The zero-order valence-corrected chi connectivity index (χ0v) is 21.1. The molecule has 0 spiro atoms. The molecule has 0 aliphatic carbocycles. The van der Waals surface area contributed by atoms with Crippen molar-refractivity contribution in [1.82, 2.24) is 29.8 Å². The highest BCUT2D eigenvalue weighted by Gasteiger charge is 2.22. The van der Waals surface area contributed by atoms with E-state index in [1.807, 2.05) is 17.5 Å². The number of rotatable bonds is 6. The van der Waals surface area contributed by atoms with Gasteiger partial charge in [0.15, 0.2) is 16.6 Å². The second-order valence-electron chi connectivity index (χ2n) is 8.04. The molecule has 2 aromatic heterocycles. The summed E-state index contributed by atoms with van der Waals surface area (Å²) in [6.45, 7) is 3.89. The Kier molecular flexibility index (Phi) is 6.87. The number of benzene rings is 2. The van der Waals surface area contributed by atoms with Crippen molar-refractivity contribution in [2.45, 2.75) is 6.54 Å². The highest BCUT2D eigenvalue weighted by molar-refractivity contribution is 7.80. The number of hydrogen-bond donors (Lipinski definition) is 1. The summed E-state index contributed by atoms with van der Waals surface area (Å²) in [6.07, 6.45) is 1.60. The van der Waals surface area contributed by atoms with Gasteiger partial charge in [-0.3, -0.25) is 0 Å². The number of aromatic nitrogens is 4. The monoisotopic (exact) mass is 507 g/mol. The van der Waals surface area contributed by atoms with Crippen LogP contribution in [0, 0.1) is 0 Å². The Morgan fingerprint density at radius 2 is 1.77 bits per heavy atom. The van der Waals surface area contributed by atoms with Gasteiger partial charge in [-0.05, 0) is 35.4 Å². The van der Waals surface area contributed by atoms with Gasteiger partial charge in [0, 0.05) is 55.1 Å². The molecule has 9 nitrogen and oxygen atoms in total. The molecule has 2 aromatic carbocycles. The van der Waals surface area contributed by atoms with E-state index in [1.54, 1.807) is 20.5 Å². The summed E-state index contributed by atoms with van der Waals surface area (Å²) in [5, 5.41) is 11.2. The van der Waals surface area contributed by atoms with Crippen molar-refractivity contribution < 1.29 is 9.47 Å². The topological polar surface area (TPSA) is 88.5 Å². The third kappa shape index (κ3) is 4.96. The molecule has 1 fully saturated rings. The van der Waals surface area contributed by atoms with Gasteiger partial charge in [-0.15, -0.1) is 5.10 Å². The molecule has 1 N–H and O–H groups in total. The van der Waals surface area contributed by atoms with E-state index in [9.17, 15) is 0 Å². The van der Waals surface area contributed by atoms with Crippen LogP contribution in [0.25, 0.3) is 22.2 Å². The van der Waals surface area contributed by atoms with Crippen LogP contribution in [0.5, 0.6) is 11.5 Å². The Morgan fingerprint density at radius 1 is 1.03 bits per heavy atom. The first-order chi connectivity index (χ1) is 17.2. The zero-order valence-electron chi connectivity index (χ0n) is 19.5. The van der Waals surface area contributed by atoms with Crippen LogP contribution in [-0.4, -0.2) is 70.0 Å². The number of anilines is 1. The van der Waals surface area contributed by atoms with Gasteiger partial charge in [0.2, 0.25) is 0 Å². The number of piperazine rings is 1. The molecule has 4 aromatic rings. The van der Waals surface area contributed by atoms with Crippen molar-refractivity contribution in [3.05, 3.63) is 53.7 Å². The van der Waals surface area contributed by atoms with E-state index >= 15 is 0 Å². The maximum atomic E-state index is 5.68.